The van der Waals surface area contributed by atoms with E-state index < -0.39 is 0 Å². The minimum atomic E-state index is -0.294. The zero-order valence-electron chi connectivity index (χ0n) is 14.6. The minimum Gasteiger partial charge on any atom is -0.508 e. The Kier molecular flexibility index (Phi) is 4.04. The van der Waals surface area contributed by atoms with Crippen molar-refractivity contribution in [3.8, 4) is 11.8 Å². The molecule has 2 aromatic carbocycles. The number of carbonyl (C=O) groups excluding carboxylic acids is 1. The summed E-state index contributed by atoms with van der Waals surface area (Å²) in [6, 6.07) is 15.3. The molecule has 0 aromatic heterocycles. The van der Waals surface area contributed by atoms with Gasteiger partial charge in [-0.15, -0.1) is 0 Å². The number of nitriles is 1. The highest BCUT2D eigenvalue weighted by Crippen LogP contribution is 2.49. The molecule has 0 saturated heterocycles. The summed E-state index contributed by atoms with van der Waals surface area (Å²) in [6.07, 6.45) is 1.96. The lowest BCUT2D eigenvalue weighted by Crippen LogP contribution is -2.26. The van der Waals surface area contributed by atoms with Gasteiger partial charge in [0.2, 0.25) is 5.91 Å². The third kappa shape index (κ3) is 2.78. The summed E-state index contributed by atoms with van der Waals surface area (Å²) in [7, 11) is 0. The number of carbonyl (C=O) groups is 1. The molecule has 0 bridgehead atoms. The van der Waals surface area contributed by atoms with Crippen LogP contribution in [-0.4, -0.2) is 17.6 Å². The predicted octanol–water partition coefficient (Wildman–Crippen LogP) is 3.93. The number of phenols is 1. The normalized spacial score (nSPS) is 21.2. The number of likely N-dealkylation sites (N-methyl/N-ethyl adjacent to an activating group) is 1. The average Bonchev–Trinajstić information content (AvgIpc) is 3.45. The second-order valence-electron chi connectivity index (χ2n) is 6.97. The van der Waals surface area contributed by atoms with Crippen molar-refractivity contribution in [1.29, 1.82) is 5.26 Å². The summed E-state index contributed by atoms with van der Waals surface area (Å²) in [4.78, 5) is 14.1. The summed E-state index contributed by atoms with van der Waals surface area (Å²) in [5.74, 6) is 0.173. The Labute approximate surface area is 152 Å². The van der Waals surface area contributed by atoms with Gasteiger partial charge in [0.15, 0.2) is 0 Å². The van der Waals surface area contributed by atoms with Gasteiger partial charge in [0.1, 0.15) is 5.75 Å². The predicted molar refractivity (Wildman–Crippen MR) is 100 cm³/mol. The van der Waals surface area contributed by atoms with Gasteiger partial charge in [0.05, 0.1) is 18.0 Å². The van der Waals surface area contributed by atoms with Crippen LogP contribution in [0.3, 0.4) is 0 Å². The van der Waals surface area contributed by atoms with Crippen LogP contribution in [0, 0.1) is 17.2 Å². The van der Waals surface area contributed by atoms with Crippen LogP contribution in [0.2, 0.25) is 0 Å². The molecule has 2 aromatic rings. The molecule has 2 aliphatic rings. The topological polar surface area (TPSA) is 76.4 Å². The average molecular weight is 347 g/mol. The molecule has 5 nitrogen and oxygen atoms in total. The first-order valence-corrected chi connectivity index (χ1v) is 9.02. The Morgan fingerprint density at radius 1 is 1.27 bits per heavy atom. The lowest BCUT2D eigenvalue weighted by atomic mass is 9.91. The molecule has 1 amide bonds. The van der Waals surface area contributed by atoms with Crippen LogP contribution in [0.1, 0.15) is 42.9 Å². The zero-order chi connectivity index (χ0) is 18.3. The van der Waals surface area contributed by atoms with Crippen LogP contribution in [0.15, 0.2) is 42.5 Å². The van der Waals surface area contributed by atoms with Crippen LogP contribution in [0.5, 0.6) is 5.75 Å². The molecule has 1 fully saturated rings. The summed E-state index contributed by atoms with van der Waals surface area (Å²) < 4.78 is 0. The number of fused-ring (bicyclic) bond motifs is 1. The van der Waals surface area contributed by atoms with Crippen LogP contribution < -0.4 is 10.2 Å². The summed E-state index contributed by atoms with van der Waals surface area (Å²) in [5, 5.41) is 22.6. The summed E-state index contributed by atoms with van der Waals surface area (Å²) >= 11 is 0. The van der Waals surface area contributed by atoms with Gasteiger partial charge in [0.25, 0.3) is 0 Å². The molecule has 2 atom stereocenters. The SMILES string of the molecule is CCN1c2cc(O)ccc2C(C#N)C1c1ccc(NC(=O)C2CC2)cc1. The van der Waals surface area contributed by atoms with E-state index in [9.17, 15) is 15.2 Å². The Balaban J connectivity index is 1.63. The molecule has 4 rings (SSSR count). The standard InChI is InChI=1S/C21H21N3O2/c1-2-24-19-11-16(25)9-10-17(19)18(12-22)20(24)13-5-7-15(8-6-13)23-21(26)14-3-4-14/h5-11,14,18,20,25H,2-4H2,1H3,(H,23,26). The first-order valence-electron chi connectivity index (χ1n) is 9.02. The first kappa shape index (κ1) is 16.5. The van der Waals surface area contributed by atoms with Crippen LogP contribution in [0.4, 0.5) is 11.4 Å². The third-order valence-electron chi connectivity index (χ3n) is 5.26. The number of rotatable bonds is 4. The van der Waals surface area contributed by atoms with E-state index >= 15 is 0 Å². The van der Waals surface area contributed by atoms with Gasteiger partial charge in [-0.1, -0.05) is 18.2 Å². The minimum absolute atomic E-state index is 0.0894. The van der Waals surface area contributed by atoms with Crippen molar-refractivity contribution in [2.24, 2.45) is 5.92 Å². The van der Waals surface area contributed by atoms with Gasteiger partial charge in [-0.05, 0) is 49.1 Å². The van der Waals surface area contributed by atoms with Gasteiger partial charge in [-0.2, -0.15) is 5.26 Å². The molecular formula is C21H21N3O2. The number of phenolic OH excluding ortho intramolecular Hbond substituents is 1. The van der Waals surface area contributed by atoms with Gasteiger partial charge < -0.3 is 15.3 Å². The number of nitrogens with zero attached hydrogens (tertiary/aromatic N) is 2. The number of amides is 1. The monoisotopic (exact) mass is 347 g/mol. The van der Waals surface area contributed by atoms with E-state index in [-0.39, 0.29) is 29.5 Å². The van der Waals surface area contributed by atoms with Crippen molar-refractivity contribution in [2.45, 2.75) is 31.7 Å². The van der Waals surface area contributed by atoms with E-state index in [4.69, 9.17) is 0 Å². The Morgan fingerprint density at radius 3 is 2.62 bits per heavy atom. The molecule has 26 heavy (non-hydrogen) atoms. The van der Waals surface area contributed by atoms with Crippen molar-refractivity contribution < 1.29 is 9.90 Å². The van der Waals surface area contributed by atoms with Crippen molar-refractivity contribution in [2.75, 3.05) is 16.8 Å². The summed E-state index contributed by atoms with van der Waals surface area (Å²) in [5.41, 5.74) is 3.67. The maximum atomic E-state index is 11.9. The molecule has 5 heteroatoms. The quantitative estimate of drug-likeness (QED) is 0.878. The fourth-order valence-corrected chi connectivity index (χ4v) is 3.78. The number of hydrogen-bond donors (Lipinski definition) is 2. The lowest BCUT2D eigenvalue weighted by molar-refractivity contribution is -0.117. The molecule has 1 aliphatic heterocycles. The van der Waals surface area contributed by atoms with Gasteiger partial charge in [-0.25, -0.2) is 0 Å². The largest absolute Gasteiger partial charge is 0.508 e. The molecular weight excluding hydrogens is 326 g/mol. The van der Waals surface area contributed by atoms with Crippen LogP contribution in [-0.2, 0) is 4.79 Å². The highest BCUT2D eigenvalue weighted by Gasteiger charge is 2.39. The molecule has 1 heterocycles. The van der Waals surface area contributed by atoms with E-state index in [0.29, 0.717) is 0 Å². The van der Waals surface area contributed by atoms with Gasteiger partial charge >= 0.3 is 0 Å². The van der Waals surface area contributed by atoms with Crippen molar-refractivity contribution >= 4 is 17.3 Å². The maximum Gasteiger partial charge on any atom is 0.227 e. The second kappa shape index (κ2) is 6.38. The molecule has 1 aliphatic carbocycles. The molecule has 2 unspecified atom stereocenters. The van der Waals surface area contributed by atoms with E-state index in [1.165, 1.54) is 0 Å². The molecule has 0 spiro atoms. The lowest BCUT2D eigenvalue weighted by Gasteiger charge is -2.28. The fourth-order valence-electron chi connectivity index (χ4n) is 3.78. The molecule has 0 radical (unpaired) electrons. The Morgan fingerprint density at radius 2 is 2.00 bits per heavy atom. The number of aromatic hydroxyl groups is 1. The van der Waals surface area contributed by atoms with Crippen LogP contribution in [0.25, 0.3) is 0 Å². The fraction of sp³-hybridized carbons (Fsp3) is 0.333. The number of hydrogen-bond acceptors (Lipinski definition) is 4. The van der Waals surface area contributed by atoms with Gasteiger partial charge in [-0.3, -0.25) is 4.79 Å². The van der Waals surface area contributed by atoms with E-state index in [1.807, 2.05) is 37.3 Å². The van der Waals surface area contributed by atoms with E-state index in [2.05, 4.69) is 16.3 Å². The molecule has 132 valence electrons. The third-order valence-corrected chi connectivity index (χ3v) is 5.26. The molecule has 2 N–H and O–H groups in total. The number of nitrogens with one attached hydrogen (secondary N) is 1. The number of benzene rings is 2. The number of anilines is 2. The van der Waals surface area contributed by atoms with Crippen molar-refractivity contribution in [1.82, 2.24) is 0 Å². The first-order chi connectivity index (χ1) is 12.6. The van der Waals surface area contributed by atoms with Crippen LogP contribution >= 0.6 is 0 Å². The maximum absolute atomic E-state index is 11.9. The molecule has 1 saturated carbocycles. The highest BCUT2D eigenvalue weighted by atomic mass is 16.3. The Hall–Kier alpha value is -3.00. The van der Waals surface area contributed by atoms with Crippen molar-refractivity contribution in [3.63, 3.8) is 0 Å². The smallest absolute Gasteiger partial charge is 0.227 e. The highest BCUT2D eigenvalue weighted by molar-refractivity contribution is 5.94. The van der Waals surface area contributed by atoms with Crippen molar-refractivity contribution in [3.05, 3.63) is 53.6 Å². The van der Waals surface area contributed by atoms with E-state index in [1.54, 1.807) is 12.1 Å². The van der Waals surface area contributed by atoms with Gasteiger partial charge in [0, 0.05) is 29.9 Å². The van der Waals surface area contributed by atoms with E-state index in [0.717, 1.165) is 41.9 Å². The second-order valence-corrected chi connectivity index (χ2v) is 6.97. The Bertz CT molecular complexity index is 881. The summed E-state index contributed by atoms with van der Waals surface area (Å²) in [6.45, 7) is 2.78. The zero-order valence-corrected chi connectivity index (χ0v) is 14.6.